The third-order valence-electron chi connectivity index (χ3n) is 3.79. The summed E-state index contributed by atoms with van der Waals surface area (Å²) in [7, 11) is 0. The molecule has 0 spiro atoms. The molecule has 1 aliphatic rings. The maximum absolute atomic E-state index is 12.9. The van der Waals surface area contributed by atoms with Crippen molar-refractivity contribution in [3.05, 3.63) is 38.9 Å². The summed E-state index contributed by atoms with van der Waals surface area (Å²) in [4.78, 5) is 23.9. The Balaban J connectivity index is 1.70. The van der Waals surface area contributed by atoms with Crippen LogP contribution in [0, 0.1) is 6.92 Å². The van der Waals surface area contributed by atoms with Gasteiger partial charge in [0.25, 0.3) is 5.91 Å². The molecule has 3 heterocycles. The number of nitrogens with zero attached hydrogens (tertiary/aromatic N) is 4. The first-order valence-electron chi connectivity index (χ1n) is 7.46. The number of halogens is 4. The molecular weight excluding hydrogens is 377 g/mol. The summed E-state index contributed by atoms with van der Waals surface area (Å²) in [6.07, 6.45) is -4.52. The number of amides is 1. The van der Waals surface area contributed by atoms with Crippen molar-refractivity contribution in [1.82, 2.24) is 14.9 Å². The topological polar surface area (TPSA) is 49.3 Å². The number of hydrogen-bond acceptors (Lipinski definition) is 5. The highest BCUT2D eigenvalue weighted by Crippen LogP contribution is 2.30. The number of carbonyl (C=O) groups is 1. The Hall–Kier alpha value is -1.87. The number of hydrogen-bond donors (Lipinski definition) is 0. The number of aromatic nitrogens is 2. The van der Waals surface area contributed by atoms with Crippen LogP contribution in [0.2, 0.25) is 4.34 Å². The second-order valence-electron chi connectivity index (χ2n) is 5.54. The van der Waals surface area contributed by atoms with E-state index in [-0.39, 0.29) is 17.5 Å². The molecule has 0 saturated carbocycles. The largest absolute Gasteiger partial charge is 0.433 e. The molecule has 1 fully saturated rings. The molecule has 10 heteroatoms. The number of rotatable bonds is 2. The smallest absolute Gasteiger partial charge is 0.353 e. The average Bonchev–Trinajstić information content (AvgIpc) is 2.99. The molecule has 0 unspecified atom stereocenters. The lowest BCUT2D eigenvalue weighted by molar-refractivity contribution is -0.141. The molecule has 0 aliphatic carbocycles. The van der Waals surface area contributed by atoms with Gasteiger partial charge in [-0.05, 0) is 19.1 Å². The number of anilines is 1. The minimum Gasteiger partial charge on any atom is -0.353 e. The van der Waals surface area contributed by atoms with E-state index >= 15 is 0 Å². The van der Waals surface area contributed by atoms with Gasteiger partial charge in [-0.2, -0.15) is 13.2 Å². The van der Waals surface area contributed by atoms with E-state index in [2.05, 4.69) is 9.97 Å². The highest BCUT2D eigenvalue weighted by atomic mass is 35.5. The molecular formula is C15H14ClF3N4OS. The normalized spacial score (nSPS) is 15.6. The van der Waals surface area contributed by atoms with Gasteiger partial charge in [-0.1, -0.05) is 11.6 Å². The Bertz CT molecular complexity index is 787. The van der Waals surface area contributed by atoms with Crippen LogP contribution in [0.15, 0.2) is 18.2 Å². The van der Waals surface area contributed by atoms with Crippen molar-refractivity contribution in [2.45, 2.75) is 13.1 Å². The van der Waals surface area contributed by atoms with E-state index in [1.165, 1.54) is 18.3 Å². The molecule has 0 N–H and O–H groups in total. The highest BCUT2D eigenvalue weighted by molar-refractivity contribution is 7.17. The predicted molar refractivity (Wildman–Crippen MR) is 89.2 cm³/mol. The minimum absolute atomic E-state index is 0.0663. The van der Waals surface area contributed by atoms with E-state index < -0.39 is 11.9 Å². The van der Waals surface area contributed by atoms with Gasteiger partial charge >= 0.3 is 6.18 Å². The van der Waals surface area contributed by atoms with Gasteiger partial charge in [0.15, 0.2) is 0 Å². The Morgan fingerprint density at radius 2 is 1.88 bits per heavy atom. The van der Waals surface area contributed by atoms with E-state index in [4.69, 9.17) is 11.6 Å². The van der Waals surface area contributed by atoms with Crippen LogP contribution >= 0.6 is 22.9 Å². The maximum atomic E-state index is 12.9. The fourth-order valence-electron chi connectivity index (χ4n) is 2.58. The van der Waals surface area contributed by atoms with Gasteiger partial charge in [0, 0.05) is 32.2 Å². The summed E-state index contributed by atoms with van der Waals surface area (Å²) in [5.74, 6) is 0.175. The van der Waals surface area contributed by atoms with Crippen LogP contribution in [0.5, 0.6) is 0 Å². The standard InChI is InChI=1S/C15H14ClF3N4OS/c1-9-20-11(15(17,18)19)8-13(21-9)22-4-6-23(7-5-22)14(24)10-2-3-12(16)25-10/h2-3,8H,4-7H2,1H3. The van der Waals surface area contributed by atoms with E-state index in [9.17, 15) is 18.0 Å². The van der Waals surface area contributed by atoms with Gasteiger partial charge < -0.3 is 9.80 Å². The SMILES string of the molecule is Cc1nc(N2CCN(C(=O)c3ccc(Cl)s3)CC2)cc(C(F)(F)F)n1. The zero-order valence-electron chi connectivity index (χ0n) is 13.2. The molecule has 2 aromatic rings. The van der Waals surface area contributed by atoms with Crippen LogP contribution in [0.4, 0.5) is 19.0 Å². The van der Waals surface area contributed by atoms with Gasteiger partial charge in [0.05, 0.1) is 9.21 Å². The molecule has 3 rings (SSSR count). The lowest BCUT2D eigenvalue weighted by atomic mass is 10.2. The molecule has 134 valence electrons. The van der Waals surface area contributed by atoms with E-state index in [1.807, 2.05) is 0 Å². The lowest BCUT2D eigenvalue weighted by Gasteiger charge is -2.35. The fraction of sp³-hybridized carbons (Fsp3) is 0.400. The first kappa shape index (κ1) is 17.9. The van der Waals surface area contributed by atoms with Crippen LogP contribution in [-0.2, 0) is 6.18 Å². The van der Waals surface area contributed by atoms with Crippen molar-refractivity contribution in [1.29, 1.82) is 0 Å². The van der Waals surface area contributed by atoms with Crippen molar-refractivity contribution in [2.24, 2.45) is 0 Å². The molecule has 1 aliphatic heterocycles. The van der Waals surface area contributed by atoms with Gasteiger partial charge in [-0.25, -0.2) is 9.97 Å². The first-order chi connectivity index (χ1) is 11.7. The number of aryl methyl sites for hydroxylation is 1. The summed E-state index contributed by atoms with van der Waals surface area (Å²) < 4.78 is 39.2. The third kappa shape index (κ3) is 4.04. The van der Waals surface area contributed by atoms with Crippen molar-refractivity contribution in [3.63, 3.8) is 0 Å². The van der Waals surface area contributed by atoms with Crippen molar-refractivity contribution in [3.8, 4) is 0 Å². The van der Waals surface area contributed by atoms with Gasteiger partial charge in [0.2, 0.25) is 0 Å². The van der Waals surface area contributed by atoms with Crippen molar-refractivity contribution >= 4 is 34.7 Å². The van der Waals surface area contributed by atoms with E-state index in [0.717, 1.165) is 6.07 Å². The molecule has 5 nitrogen and oxygen atoms in total. The van der Waals surface area contributed by atoms with Gasteiger partial charge in [0.1, 0.15) is 17.3 Å². The fourth-order valence-corrected chi connectivity index (χ4v) is 3.59. The van der Waals surface area contributed by atoms with Crippen LogP contribution < -0.4 is 4.90 Å². The number of thiophene rings is 1. The van der Waals surface area contributed by atoms with Crippen molar-refractivity contribution < 1.29 is 18.0 Å². The quantitative estimate of drug-likeness (QED) is 0.787. The zero-order chi connectivity index (χ0) is 18.2. The Morgan fingerprint density at radius 3 is 2.44 bits per heavy atom. The molecule has 25 heavy (non-hydrogen) atoms. The molecule has 0 aromatic carbocycles. The van der Waals surface area contributed by atoms with Gasteiger partial charge in [-0.3, -0.25) is 4.79 Å². The monoisotopic (exact) mass is 390 g/mol. The average molecular weight is 391 g/mol. The summed E-state index contributed by atoms with van der Waals surface area (Å²) >= 11 is 7.05. The van der Waals surface area contributed by atoms with Gasteiger partial charge in [-0.15, -0.1) is 11.3 Å². The molecule has 0 radical (unpaired) electrons. The summed E-state index contributed by atoms with van der Waals surface area (Å²) in [6, 6.07) is 4.28. The van der Waals surface area contributed by atoms with E-state index in [1.54, 1.807) is 21.9 Å². The van der Waals surface area contributed by atoms with Crippen LogP contribution in [0.3, 0.4) is 0 Å². The predicted octanol–water partition coefficient (Wildman–Crippen LogP) is 3.48. The van der Waals surface area contributed by atoms with Crippen molar-refractivity contribution in [2.75, 3.05) is 31.1 Å². The number of carbonyl (C=O) groups excluding carboxylic acids is 1. The highest BCUT2D eigenvalue weighted by Gasteiger charge is 2.34. The third-order valence-corrected chi connectivity index (χ3v) is 5.01. The second kappa shape index (κ2) is 6.80. The summed E-state index contributed by atoms with van der Waals surface area (Å²) in [6.45, 7) is 3.04. The maximum Gasteiger partial charge on any atom is 0.433 e. The Labute approximate surface area is 151 Å². The molecule has 0 bridgehead atoms. The Kier molecular flexibility index (Phi) is 4.88. The molecule has 2 aromatic heterocycles. The number of alkyl halides is 3. The summed E-state index contributed by atoms with van der Waals surface area (Å²) in [5, 5.41) is 0. The van der Waals surface area contributed by atoms with Crippen LogP contribution in [0.1, 0.15) is 21.2 Å². The minimum atomic E-state index is -4.52. The lowest BCUT2D eigenvalue weighted by Crippen LogP contribution is -2.49. The van der Waals surface area contributed by atoms with Crippen LogP contribution in [-0.4, -0.2) is 47.0 Å². The first-order valence-corrected chi connectivity index (χ1v) is 8.66. The zero-order valence-corrected chi connectivity index (χ0v) is 14.8. The molecule has 1 amide bonds. The summed E-state index contributed by atoms with van der Waals surface area (Å²) in [5.41, 5.74) is -0.957. The molecule has 0 atom stereocenters. The van der Waals surface area contributed by atoms with Crippen LogP contribution in [0.25, 0.3) is 0 Å². The Morgan fingerprint density at radius 1 is 1.20 bits per heavy atom. The second-order valence-corrected chi connectivity index (χ2v) is 7.25. The molecule has 1 saturated heterocycles. The van der Waals surface area contributed by atoms with E-state index in [0.29, 0.717) is 35.4 Å². The number of piperazine rings is 1.